The van der Waals surface area contributed by atoms with Crippen LogP contribution in [-0.2, 0) is 5.41 Å². The monoisotopic (exact) mass is 310 g/mol. The highest BCUT2D eigenvalue weighted by molar-refractivity contribution is 5.96. The summed E-state index contributed by atoms with van der Waals surface area (Å²) in [6, 6.07) is 10.6. The quantitative estimate of drug-likeness (QED) is 0.913. The van der Waals surface area contributed by atoms with Crippen LogP contribution >= 0.6 is 0 Å². The number of hydrogen-bond donors (Lipinski definition) is 2. The molecule has 2 N–H and O–H groups in total. The molecule has 1 atom stereocenters. The van der Waals surface area contributed by atoms with E-state index >= 15 is 0 Å². The maximum Gasteiger partial charge on any atom is 0.335 e. The molecule has 0 spiro atoms. The number of carboxylic acids is 1. The molecule has 1 amide bonds. The van der Waals surface area contributed by atoms with Gasteiger partial charge in [-0.15, -0.1) is 0 Å². The van der Waals surface area contributed by atoms with Crippen molar-refractivity contribution < 1.29 is 14.7 Å². The van der Waals surface area contributed by atoms with E-state index in [1.54, 1.807) is 0 Å². The molecule has 1 aliphatic rings. The van der Waals surface area contributed by atoms with E-state index in [4.69, 9.17) is 5.11 Å². The van der Waals surface area contributed by atoms with Crippen LogP contribution in [0, 0.1) is 0 Å². The summed E-state index contributed by atoms with van der Waals surface area (Å²) >= 11 is 0. The zero-order valence-corrected chi connectivity index (χ0v) is 13.0. The Kier molecular flexibility index (Phi) is 3.64. The number of aromatic nitrogens is 1. The highest BCUT2D eigenvalue weighted by Gasteiger charge is 2.37. The first-order valence-corrected chi connectivity index (χ1v) is 7.48. The van der Waals surface area contributed by atoms with Crippen molar-refractivity contribution in [3.05, 3.63) is 65.0 Å². The molecule has 118 valence electrons. The van der Waals surface area contributed by atoms with E-state index in [1.165, 1.54) is 23.9 Å². The van der Waals surface area contributed by atoms with E-state index in [0.29, 0.717) is 0 Å². The third-order valence-electron chi connectivity index (χ3n) is 4.32. The Bertz CT molecular complexity index is 783. The number of fused-ring (bicyclic) bond motifs is 1. The molecule has 5 heteroatoms. The highest BCUT2D eigenvalue weighted by Crippen LogP contribution is 2.44. The normalized spacial score (nSPS) is 18.3. The van der Waals surface area contributed by atoms with Gasteiger partial charge >= 0.3 is 5.97 Å². The van der Waals surface area contributed by atoms with Gasteiger partial charge < -0.3 is 10.4 Å². The molecule has 0 radical (unpaired) electrons. The second-order valence-corrected chi connectivity index (χ2v) is 6.44. The molecule has 0 bridgehead atoms. The van der Waals surface area contributed by atoms with Crippen molar-refractivity contribution >= 4 is 11.9 Å². The second-order valence-electron chi connectivity index (χ2n) is 6.44. The van der Waals surface area contributed by atoms with Gasteiger partial charge in [0.25, 0.3) is 5.91 Å². The van der Waals surface area contributed by atoms with E-state index in [9.17, 15) is 9.59 Å². The van der Waals surface area contributed by atoms with Crippen LogP contribution in [0.1, 0.15) is 58.3 Å². The number of aromatic carboxylic acids is 1. The number of nitrogens with one attached hydrogen (secondary N) is 1. The fourth-order valence-electron chi connectivity index (χ4n) is 3.20. The number of amides is 1. The van der Waals surface area contributed by atoms with Gasteiger partial charge in [-0.2, -0.15) is 0 Å². The third kappa shape index (κ3) is 2.82. The Morgan fingerprint density at radius 2 is 2.00 bits per heavy atom. The summed E-state index contributed by atoms with van der Waals surface area (Å²) in [4.78, 5) is 27.4. The lowest BCUT2D eigenvalue weighted by Gasteiger charge is -2.19. The topological polar surface area (TPSA) is 79.3 Å². The molecule has 1 aromatic heterocycles. The van der Waals surface area contributed by atoms with Crippen LogP contribution in [0.15, 0.2) is 42.6 Å². The summed E-state index contributed by atoms with van der Waals surface area (Å²) in [7, 11) is 0. The zero-order chi connectivity index (χ0) is 16.6. The Labute approximate surface area is 134 Å². The summed E-state index contributed by atoms with van der Waals surface area (Å²) < 4.78 is 0. The van der Waals surface area contributed by atoms with Crippen LogP contribution in [-0.4, -0.2) is 22.0 Å². The van der Waals surface area contributed by atoms with Crippen molar-refractivity contribution in [2.45, 2.75) is 31.7 Å². The lowest BCUT2D eigenvalue weighted by Crippen LogP contribution is -2.29. The summed E-state index contributed by atoms with van der Waals surface area (Å²) in [6.07, 6.45) is 2.14. The highest BCUT2D eigenvalue weighted by atomic mass is 16.4. The molecule has 3 rings (SSSR count). The molecule has 1 aliphatic carbocycles. The first-order chi connectivity index (χ1) is 10.9. The van der Waals surface area contributed by atoms with Crippen molar-refractivity contribution in [1.82, 2.24) is 10.3 Å². The molecule has 0 saturated carbocycles. The largest absolute Gasteiger partial charge is 0.478 e. The minimum atomic E-state index is -1.08. The van der Waals surface area contributed by atoms with Gasteiger partial charge in [-0.3, -0.25) is 9.78 Å². The smallest absolute Gasteiger partial charge is 0.335 e. The molecule has 0 saturated heterocycles. The van der Waals surface area contributed by atoms with Gasteiger partial charge in [-0.25, -0.2) is 4.79 Å². The van der Waals surface area contributed by atoms with Gasteiger partial charge in [-0.1, -0.05) is 38.1 Å². The first kappa shape index (κ1) is 15.2. The summed E-state index contributed by atoms with van der Waals surface area (Å²) in [5.74, 6) is -1.43. The van der Waals surface area contributed by atoms with Gasteiger partial charge in [0.2, 0.25) is 0 Å². The molecule has 0 fully saturated rings. The molecule has 5 nitrogen and oxygen atoms in total. The molecule has 1 heterocycles. The SMILES string of the molecule is CC1(C)CC(NC(=O)c2cc(C(=O)O)ccn2)c2ccccc21. The Balaban J connectivity index is 1.85. The maximum absolute atomic E-state index is 12.4. The zero-order valence-electron chi connectivity index (χ0n) is 13.0. The maximum atomic E-state index is 12.4. The molecule has 2 aromatic rings. The summed E-state index contributed by atoms with van der Waals surface area (Å²) in [5.41, 5.74) is 2.51. The average molecular weight is 310 g/mol. The Morgan fingerprint density at radius 3 is 2.74 bits per heavy atom. The number of pyridine rings is 1. The van der Waals surface area contributed by atoms with E-state index in [0.717, 1.165) is 12.0 Å². The van der Waals surface area contributed by atoms with E-state index in [2.05, 4.69) is 30.2 Å². The third-order valence-corrected chi connectivity index (χ3v) is 4.32. The van der Waals surface area contributed by atoms with Crippen LogP contribution in [0.3, 0.4) is 0 Å². The number of rotatable bonds is 3. The lowest BCUT2D eigenvalue weighted by molar-refractivity contribution is 0.0696. The number of nitrogens with zero attached hydrogens (tertiary/aromatic N) is 1. The fraction of sp³-hybridized carbons (Fsp3) is 0.278. The predicted octanol–water partition coefficient (Wildman–Crippen LogP) is 2.93. The number of carbonyl (C=O) groups excluding carboxylic acids is 1. The fourth-order valence-corrected chi connectivity index (χ4v) is 3.20. The van der Waals surface area contributed by atoms with Gasteiger partial charge in [0.1, 0.15) is 5.69 Å². The van der Waals surface area contributed by atoms with Gasteiger partial charge in [-0.05, 0) is 35.1 Å². The molecule has 1 aromatic carbocycles. The van der Waals surface area contributed by atoms with Crippen LogP contribution in [0.5, 0.6) is 0 Å². The average Bonchev–Trinajstić information content (AvgIpc) is 2.79. The van der Waals surface area contributed by atoms with Gasteiger partial charge in [0.05, 0.1) is 11.6 Å². The van der Waals surface area contributed by atoms with E-state index in [1.807, 2.05) is 18.2 Å². The van der Waals surface area contributed by atoms with Crippen LogP contribution in [0.2, 0.25) is 0 Å². The number of benzene rings is 1. The van der Waals surface area contributed by atoms with E-state index < -0.39 is 5.97 Å². The van der Waals surface area contributed by atoms with E-state index in [-0.39, 0.29) is 28.6 Å². The Morgan fingerprint density at radius 1 is 1.26 bits per heavy atom. The first-order valence-electron chi connectivity index (χ1n) is 7.48. The molecular formula is C18H18N2O3. The molecular weight excluding hydrogens is 292 g/mol. The van der Waals surface area contributed by atoms with Crippen LogP contribution < -0.4 is 5.32 Å². The minimum absolute atomic E-state index is 0.00905. The van der Waals surface area contributed by atoms with Crippen molar-refractivity contribution in [1.29, 1.82) is 0 Å². The van der Waals surface area contributed by atoms with Crippen molar-refractivity contribution in [2.24, 2.45) is 0 Å². The van der Waals surface area contributed by atoms with Crippen molar-refractivity contribution in [3.8, 4) is 0 Å². The van der Waals surface area contributed by atoms with Crippen molar-refractivity contribution in [2.75, 3.05) is 0 Å². The molecule has 1 unspecified atom stereocenters. The van der Waals surface area contributed by atoms with Crippen LogP contribution in [0.25, 0.3) is 0 Å². The van der Waals surface area contributed by atoms with Crippen LogP contribution in [0.4, 0.5) is 0 Å². The number of carboxylic acid groups (broad SMARTS) is 1. The predicted molar refractivity (Wildman–Crippen MR) is 85.5 cm³/mol. The second kappa shape index (κ2) is 5.50. The minimum Gasteiger partial charge on any atom is -0.478 e. The summed E-state index contributed by atoms with van der Waals surface area (Å²) in [5, 5.41) is 12.0. The number of hydrogen-bond acceptors (Lipinski definition) is 3. The van der Waals surface area contributed by atoms with Gasteiger partial charge in [0.15, 0.2) is 0 Å². The standard InChI is InChI=1S/C18H18N2O3/c1-18(2)10-15(12-5-3-4-6-13(12)18)20-16(21)14-9-11(17(22)23)7-8-19-14/h3-9,15H,10H2,1-2H3,(H,20,21)(H,22,23). The van der Waals surface area contributed by atoms with Gasteiger partial charge in [0, 0.05) is 6.20 Å². The number of carbonyl (C=O) groups is 2. The molecule has 23 heavy (non-hydrogen) atoms. The lowest BCUT2D eigenvalue weighted by atomic mass is 9.86. The van der Waals surface area contributed by atoms with Crippen molar-refractivity contribution in [3.63, 3.8) is 0 Å². The summed E-state index contributed by atoms with van der Waals surface area (Å²) in [6.45, 7) is 4.31. The Hall–Kier alpha value is -2.69. The molecule has 0 aliphatic heterocycles.